The predicted octanol–water partition coefficient (Wildman–Crippen LogP) is 2.33. The number of hydrogen-bond donors (Lipinski definition) is 0. The minimum Gasteiger partial charge on any atom is -0.356 e. The molecular weight excluding hydrogens is 276 g/mol. The first-order valence-corrected chi connectivity index (χ1v) is 8.56. The third kappa shape index (κ3) is 3.23. The zero-order valence-corrected chi connectivity index (χ0v) is 13.7. The van der Waals surface area contributed by atoms with Gasteiger partial charge in [0.2, 0.25) is 5.91 Å². The Bertz CT molecular complexity index is 537. The fraction of sp³-hybridized carbons (Fsp3) is 0.706. The van der Waals surface area contributed by atoms with Crippen LogP contribution in [0.3, 0.4) is 0 Å². The van der Waals surface area contributed by atoms with E-state index in [0.29, 0.717) is 11.9 Å². The number of anilines is 1. The molecule has 2 aliphatic rings. The lowest BCUT2D eigenvalue weighted by Crippen LogP contribution is -2.49. The minimum absolute atomic E-state index is 0.357. The predicted molar refractivity (Wildman–Crippen MR) is 86.9 cm³/mol. The summed E-state index contributed by atoms with van der Waals surface area (Å²) < 4.78 is 0. The van der Waals surface area contributed by atoms with E-state index in [0.717, 1.165) is 75.5 Å². The van der Waals surface area contributed by atoms with Gasteiger partial charge in [0.1, 0.15) is 11.6 Å². The molecule has 0 aromatic carbocycles. The molecule has 1 aromatic heterocycles. The van der Waals surface area contributed by atoms with Crippen LogP contribution in [0, 0.1) is 6.92 Å². The smallest absolute Gasteiger partial charge is 0.222 e. The molecule has 1 aromatic rings. The van der Waals surface area contributed by atoms with Gasteiger partial charge in [-0.25, -0.2) is 9.97 Å². The first-order valence-electron chi connectivity index (χ1n) is 8.56. The Kier molecular flexibility index (Phi) is 4.60. The molecule has 0 unspecified atom stereocenters. The number of aryl methyl sites for hydroxylation is 2. The van der Waals surface area contributed by atoms with Gasteiger partial charge in [0.15, 0.2) is 0 Å². The largest absolute Gasteiger partial charge is 0.356 e. The maximum atomic E-state index is 12.1. The highest BCUT2D eigenvalue weighted by molar-refractivity contribution is 5.77. The van der Waals surface area contributed by atoms with Gasteiger partial charge in [-0.1, -0.05) is 6.92 Å². The third-order valence-corrected chi connectivity index (χ3v) is 4.83. The summed E-state index contributed by atoms with van der Waals surface area (Å²) in [5.74, 6) is 2.26. The summed E-state index contributed by atoms with van der Waals surface area (Å²) in [5, 5.41) is 0. The van der Waals surface area contributed by atoms with Crippen LogP contribution in [0.4, 0.5) is 5.82 Å². The lowest BCUT2D eigenvalue weighted by Gasteiger charge is -2.40. The summed E-state index contributed by atoms with van der Waals surface area (Å²) in [6, 6.07) is 2.54. The molecule has 0 bridgehead atoms. The van der Waals surface area contributed by atoms with Crippen LogP contribution in [0.1, 0.15) is 50.5 Å². The maximum Gasteiger partial charge on any atom is 0.222 e. The summed E-state index contributed by atoms with van der Waals surface area (Å²) in [4.78, 5) is 25.6. The fourth-order valence-corrected chi connectivity index (χ4v) is 3.57. The second-order valence-electron chi connectivity index (χ2n) is 6.38. The first-order chi connectivity index (χ1) is 10.7. The molecule has 2 aliphatic heterocycles. The van der Waals surface area contributed by atoms with Crippen molar-refractivity contribution in [3.05, 3.63) is 17.6 Å². The van der Waals surface area contributed by atoms with E-state index in [2.05, 4.69) is 32.8 Å². The topological polar surface area (TPSA) is 49.3 Å². The van der Waals surface area contributed by atoms with Crippen LogP contribution in [0.5, 0.6) is 0 Å². The molecule has 1 amide bonds. The second-order valence-corrected chi connectivity index (χ2v) is 6.38. The Morgan fingerprint density at radius 3 is 2.64 bits per heavy atom. The monoisotopic (exact) mass is 302 g/mol. The van der Waals surface area contributed by atoms with E-state index in [1.807, 2.05) is 6.92 Å². The second kappa shape index (κ2) is 6.63. The Labute approximate surface area is 132 Å². The molecular formula is C17H26N4O. The molecule has 0 aliphatic carbocycles. The van der Waals surface area contributed by atoms with Crippen molar-refractivity contribution < 1.29 is 4.79 Å². The van der Waals surface area contributed by atoms with Gasteiger partial charge < -0.3 is 9.80 Å². The maximum absolute atomic E-state index is 12.1. The molecule has 5 nitrogen and oxygen atoms in total. The fourth-order valence-electron chi connectivity index (χ4n) is 3.57. The van der Waals surface area contributed by atoms with Crippen LogP contribution in [0.15, 0.2) is 6.07 Å². The van der Waals surface area contributed by atoms with Crippen molar-refractivity contribution in [3.8, 4) is 0 Å². The standard InChI is InChI=1S/C17H26N4O/c1-3-14-12-16(19-13(2)18-14)20-10-7-15(8-11-20)21-9-5-4-6-17(21)22/h12,15H,3-11H2,1-2H3. The van der Waals surface area contributed by atoms with Crippen molar-refractivity contribution in [1.82, 2.24) is 14.9 Å². The number of aromatic nitrogens is 2. The molecule has 2 fully saturated rings. The molecule has 0 saturated carbocycles. The average Bonchev–Trinajstić information content (AvgIpc) is 2.55. The van der Waals surface area contributed by atoms with Gasteiger partial charge in [-0.2, -0.15) is 0 Å². The van der Waals surface area contributed by atoms with E-state index >= 15 is 0 Å². The SMILES string of the molecule is CCc1cc(N2CCC(N3CCCCC3=O)CC2)nc(C)n1. The molecule has 3 rings (SSSR count). The van der Waals surface area contributed by atoms with Crippen LogP contribution in [-0.4, -0.2) is 46.5 Å². The molecule has 22 heavy (non-hydrogen) atoms. The van der Waals surface area contributed by atoms with Crippen molar-refractivity contribution in [2.24, 2.45) is 0 Å². The molecule has 0 N–H and O–H groups in total. The van der Waals surface area contributed by atoms with Gasteiger partial charge in [-0.15, -0.1) is 0 Å². The number of carbonyl (C=O) groups excluding carboxylic acids is 1. The van der Waals surface area contributed by atoms with E-state index in [-0.39, 0.29) is 0 Å². The molecule has 0 radical (unpaired) electrons. The average molecular weight is 302 g/mol. The lowest BCUT2D eigenvalue weighted by atomic mass is 9.99. The van der Waals surface area contributed by atoms with Crippen LogP contribution >= 0.6 is 0 Å². The molecule has 0 atom stereocenters. The Hall–Kier alpha value is -1.65. The summed E-state index contributed by atoms with van der Waals surface area (Å²) in [6.45, 7) is 7.00. The number of amides is 1. The molecule has 2 saturated heterocycles. The van der Waals surface area contributed by atoms with Gasteiger partial charge in [-0.3, -0.25) is 4.79 Å². The van der Waals surface area contributed by atoms with Crippen molar-refractivity contribution in [3.63, 3.8) is 0 Å². The quantitative estimate of drug-likeness (QED) is 0.860. The molecule has 120 valence electrons. The van der Waals surface area contributed by atoms with Crippen molar-refractivity contribution in [2.75, 3.05) is 24.5 Å². The van der Waals surface area contributed by atoms with Gasteiger partial charge in [0.25, 0.3) is 0 Å². The number of piperidine rings is 2. The van der Waals surface area contributed by atoms with Crippen LogP contribution < -0.4 is 4.90 Å². The van der Waals surface area contributed by atoms with E-state index in [4.69, 9.17) is 0 Å². The van der Waals surface area contributed by atoms with Crippen molar-refractivity contribution >= 4 is 11.7 Å². The number of hydrogen-bond acceptors (Lipinski definition) is 4. The van der Waals surface area contributed by atoms with Crippen LogP contribution in [0.2, 0.25) is 0 Å². The third-order valence-electron chi connectivity index (χ3n) is 4.83. The summed E-state index contributed by atoms with van der Waals surface area (Å²) >= 11 is 0. The van der Waals surface area contributed by atoms with Gasteiger partial charge in [0, 0.05) is 43.9 Å². The Morgan fingerprint density at radius 2 is 1.95 bits per heavy atom. The zero-order chi connectivity index (χ0) is 15.5. The lowest BCUT2D eigenvalue weighted by molar-refractivity contribution is -0.136. The summed E-state index contributed by atoms with van der Waals surface area (Å²) in [6.07, 6.45) is 6.01. The number of likely N-dealkylation sites (tertiary alicyclic amines) is 1. The highest BCUT2D eigenvalue weighted by Gasteiger charge is 2.29. The van der Waals surface area contributed by atoms with E-state index < -0.39 is 0 Å². The van der Waals surface area contributed by atoms with Gasteiger partial charge in [-0.05, 0) is 39.0 Å². The van der Waals surface area contributed by atoms with Crippen molar-refractivity contribution in [2.45, 2.75) is 58.4 Å². The van der Waals surface area contributed by atoms with Gasteiger partial charge in [0.05, 0.1) is 0 Å². The molecule has 3 heterocycles. The van der Waals surface area contributed by atoms with E-state index in [1.54, 1.807) is 0 Å². The summed E-state index contributed by atoms with van der Waals surface area (Å²) in [5.41, 5.74) is 1.11. The molecule has 5 heteroatoms. The number of nitrogens with zero attached hydrogens (tertiary/aromatic N) is 4. The minimum atomic E-state index is 0.357. The molecule has 0 spiro atoms. The normalized spacial score (nSPS) is 20.5. The van der Waals surface area contributed by atoms with E-state index in [1.165, 1.54) is 0 Å². The summed E-state index contributed by atoms with van der Waals surface area (Å²) in [7, 11) is 0. The number of rotatable bonds is 3. The highest BCUT2D eigenvalue weighted by Crippen LogP contribution is 2.24. The number of carbonyl (C=O) groups is 1. The Morgan fingerprint density at radius 1 is 1.18 bits per heavy atom. The Balaban J connectivity index is 1.64. The van der Waals surface area contributed by atoms with E-state index in [9.17, 15) is 4.79 Å². The van der Waals surface area contributed by atoms with Crippen LogP contribution in [0.25, 0.3) is 0 Å². The van der Waals surface area contributed by atoms with Crippen LogP contribution in [-0.2, 0) is 11.2 Å². The first kappa shape index (κ1) is 15.3. The van der Waals surface area contributed by atoms with Gasteiger partial charge >= 0.3 is 0 Å². The highest BCUT2D eigenvalue weighted by atomic mass is 16.2. The zero-order valence-electron chi connectivity index (χ0n) is 13.7. The van der Waals surface area contributed by atoms with Crippen molar-refractivity contribution in [1.29, 1.82) is 0 Å².